The molecule has 0 saturated heterocycles. The number of carbonyl (C=O) groups excluding carboxylic acids is 4. The maximum absolute atomic E-state index is 8.89. The smallest absolute Gasteiger partial charge is 0.550 e. The molecule has 0 spiro atoms. The van der Waals surface area contributed by atoms with Crippen molar-refractivity contribution in [3.05, 3.63) is 0 Å². The summed E-state index contributed by atoms with van der Waals surface area (Å²) in [5.74, 6) is -4.33. The number of carboxylic acid groups (broad SMARTS) is 4. The van der Waals surface area contributed by atoms with Crippen LogP contribution in [0.2, 0.25) is 0 Å². The molecule has 0 rings (SSSR count). The average molecular weight is 402 g/mol. The van der Waals surface area contributed by atoms with Crippen LogP contribution in [-0.4, -0.2) is 36.5 Å². The zero-order chi connectivity index (χ0) is 18.6. The minimum Gasteiger partial charge on any atom is -0.550 e. The normalized spacial score (nSPS) is 7.00. The summed E-state index contributed by atoms with van der Waals surface area (Å²) in [5, 5.41) is 35.6. The molecule has 0 bridgehead atoms. The predicted molar refractivity (Wildman–Crippen MR) is 65.4 cm³/mol. The predicted octanol–water partition coefficient (Wildman–Crippen LogP) is -17.7. The first-order valence-corrected chi connectivity index (χ1v) is 5.36. The Hall–Kier alpha value is 1.80. The first-order valence-electron chi connectivity index (χ1n) is 5.36. The van der Waals surface area contributed by atoms with Crippen molar-refractivity contribution in [2.45, 2.75) is 40.7 Å². The van der Waals surface area contributed by atoms with Gasteiger partial charge in [0.25, 0.3) is 0 Å². The van der Waals surface area contributed by atoms with E-state index in [1.165, 1.54) is 0 Å². The molecular weight excluding hydrogens is 380 g/mol. The van der Waals surface area contributed by atoms with Crippen molar-refractivity contribution >= 4 is 23.9 Å². The zero-order valence-corrected chi connectivity index (χ0v) is 24.7. The molecule has 25 heavy (non-hydrogen) atoms. The molecule has 0 aliphatic heterocycles. The third-order valence-corrected chi connectivity index (χ3v) is 0.372. The van der Waals surface area contributed by atoms with Gasteiger partial charge in [0.1, 0.15) is 0 Å². The average Bonchev–Trinajstić information content (AvgIpc) is 2.13. The van der Waals surface area contributed by atoms with Crippen LogP contribution in [-0.2, 0) is 19.2 Å². The van der Waals surface area contributed by atoms with E-state index in [0.717, 1.165) is 27.7 Å². The van der Waals surface area contributed by atoms with Crippen molar-refractivity contribution in [1.29, 1.82) is 0 Å². The van der Waals surface area contributed by atoms with Gasteiger partial charge in [-0.3, -0.25) is 0 Å². The summed E-state index contributed by atoms with van der Waals surface area (Å²) in [6, 6.07) is 0.162. The van der Waals surface area contributed by atoms with Gasteiger partial charge in [0, 0.05) is 36.5 Å². The molecule has 0 aliphatic carbocycles. The van der Waals surface area contributed by atoms with Crippen LogP contribution in [0.4, 0.5) is 0 Å². The van der Waals surface area contributed by atoms with E-state index in [1.807, 2.05) is 6.92 Å². The van der Waals surface area contributed by atoms with Crippen LogP contribution in [0.5, 0.6) is 0 Å². The Kier molecular flexibility index (Phi) is 113. The first-order chi connectivity index (χ1) is 9.20. The van der Waals surface area contributed by atoms with Crippen molar-refractivity contribution in [3.63, 3.8) is 0 Å². The van der Waals surface area contributed by atoms with Crippen LogP contribution in [0.3, 0.4) is 0 Å². The van der Waals surface area contributed by atoms with E-state index in [0.29, 0.717) is 6.54 Å². The summed E-state index contributed by atoms with van der Waals surface area (Å²) in [6.45, 7) is 6.35. The van der Waals surface area contributed by atoms with Gasteiger partial charge in [-0.05, 0) is 34.6 Å². The first kappa shape index (κ1) is 56.3. The molecule has 4 N–H and O–H groups in total. The monoisotopic (exact) mass is 402 g/mol. The summed E-state index contributed by atoms with van der Waals surface area (Å²) in [5.41, 5.74) is 10.2. The van der Waals surface area contributed by atoms with Crippen molar-refractivity contribution in [2.24, 2.45) is 11.5 Å². The molecule has 10 nitrogen and oxygen atoms in total. The van der Waals surface area contributed by atoms with E-state index in [1.54, 1.807) is 0 Å². The van der Waals surface area contributed by atoms with Crippen molar-refractivity contribution in [1.82, 2.24) is 0 Å². The molecule has 0 heterocycles. The fourth-order valence-corrected chi connectivity index (χ4v) is 0. The minimum atomic E-state index is -1.08. The molecule has 0 aromatic rings. The Balaban J connectivity index is -0.0000000176. The summed E-state index contributed by atoms with van der Waals surface area (Å²) in [7, 11) is 0. The number of hydrogen-bond donors (Lipinski definition) is 2. The van der Waals surface area contributed by atoms with Crippen LogP contribution in [0.25, 0.3) is 0 Å². The van der Waals surface area contributed by atoms with Crippen LogP contribution in [0.15, 0.2) is 0 Å². The number of rotatable bonds is 1. The zero-order valence-electron chi connectivity index (χ0n) is 16.7. The van der Waals surface area contributed by atoms with E-state index < -0.39 is 23.9 Å². The molecule has 0 fully saturated rings. The van der Waals surface area contributed by atoms with Crippen molar-refractivity contribution in [3.8, 4) is 0 Å². The molecule has 0 aromatic carbocycles. The molecule has 1 unspecified atom stereocenters. The van der Waals surface area contributed by atoms with Gasteiger partial charge in [0.2, 0.25) is 0 Å². The van der Waals surface area contributed by atoms with E-state index in [4.69, 9.17) is 51.1 Å². The van der Waals surface area contributed by atoms with Gasteiger partial charge in [0.05, 0.1) is 0 Å². The van der Waals surface area contributed by atoms with Crippen molar-refractivity contribution in [2.75, 3.05) is 6.54 Å². The standard InChI is InChI=1S/C3H10N2.4C2H4O2.4Na/c1-3(5)2-4;4*1-2(3)4;;;;/h3H,2,4-5H2,1H3;4*1H3,(H,3,4);;;;/q;;;;;4*+1/p-4. The van der Waals surface area contributed by atoms with Crippen LogP contribution in [0.1, 0.15) is 34.6 Å². The second-order valence-electron chi connectivity index (χ2n) is 3.18. The number of aliphatic carboxylic acids is 4. The summed E-state index contributed by atoms with van der Waals surface area (Å²) in [4.78, 5) is 35.6. The van der Waals surface area contributed by atoms with Gasteiger partial charge in [0.15, 0.2) is 0 Å². The molecule has 1 atom stereocenters. The van der Waals surface area contributed by atoms with E-state index in [-0.39, 0.29) is 124 Å². The minimum absolute atomic E-state index is 0. The largest absolute Gasteiger partial charge is 1.00 e. The van der Waals surface area contributed by atoms with Gasteiger partial charge in [-0.2, -0.15) is 0 Å². The molecule has 0 amide bonds. The third-order valence-electron chi connectivity index (χ3n) is 0.372. The maximum atomic E-state index is 8.89. The van der Waals surface area contributed by atoms with E-state index in [9.17, 15) is 0 Å². The van der Waals surface area contributed by atoms with E-state index >= 15 is 0 Å². The third kappa shape index (κ3) is 1010. The number of carboxylic acids is 4. The second kappa shape index (κ2) is 50.1. The van der Waals surface area contributed by atoms with Gasteiger partial charge in [-0.1, -0.05) is 0 Å². The van der Waals surface area contributed by atoms with Gasteiger partial charge in [-0.15, -0.1) is 0 Å². The Morgan fingerprint density at radius 2 is 0.720 bits per heavy atom. The molecule has 14 heteroatoms. The van der Waals surface area contributed by atoms with Gasteiger partial charge < -0.3 is 51.1 Å². The number of nitrogens with two attached hydrogens (primary N) is 2. The summed E-state index contributed by atoms with van der Waals surface area (Å²) < 4.78 is 0. The van der Waals surface area contributed by atoms with Crippen LogP contribution in [0, 0.1) is 0 Å². The number of hydrogen-bond acceptors (Lipinski definition) is 10. The second-order valence-corrected chi connectivity index (χ2v) is 3.18. The molecule has 128 valence electrons. The quantitative estimate of drug-likeness (QED) is 0.395. The topological polar surface area (TPSA) is 213 Å². The van der Waals surface area contributed by atoms with E-state index in [2.05, 4.69) is 0 Å². The SMILES string of the molecule is CC(=O)[O-].CC(=O)[O-].CC(=O)[O-].CC(=O)[O-].CC(N)CN.[Na+].[Na+].[Na+].[Na+]. The molecule has 0 aromatic heterocycles. The Bertz CT molecular complexity index is 231. The Labute approximate surface area is 237 Å². The molecule has 0 aliphatic rings. The fourth-order valence-electron chi connectivity index (χ4n) is 0. The van der Waals surface area contributed by atoms with Gasteiger partial charge in [-0.25, -0.2) is 0 Å². The maximum Gasteiger partial charge on any atom is 1.00 e. The number of carbonyl (C=O) groups is 4. The Morgan fingerprint density at radius 3 is 0.720 bits per heavy atom. The summed E-state index contributed by atoms with van der Waals surface area (Å²) in [6.07, 6.45) is 0. The molecule has 0 radical (unpaired) electrons. The van der Waals surface area contributed by atoms with Crippen LogP contribution < -0.4 is 150 Å². The fraction of sp³-hybridized carbons (Fsp3) is 0.636. The van der Waals surface area contributed by atoms with Gasteiger partial charge >= 0.3 is 118 Å². The Morgan fingerprint density at radius 1 is 0.680 bits per heavy atom. The van der Waals surface area contributed by atoms with Crippen molar-refractivity contribution < 1.29 is 158 Å². The van der Waals surface area contributed by atoms with Crippen LogP contribution >= 0.6 is 0 Å². The summed E-state index contributed by atoms with van der Waals surface area (Å²) >= 11 is 0. The molecule has 0 saturated carbocycles. The molecular formula is C11H22N2Na4O8.